The number of amidine groups is 1. The Morgan fingerprint density at radius 2 is 2.08 bits per heavy atom. The van der Waals surface area contributed by atoms with E-state index in [4.69, 9.17) is 0 Å². The summed E-state index contributed by atoms with van der Waals surface area (Å²) in [5.41, 5.74) is 3.16. The summed E-state index contributed by atoms with van der Waals surface area (Å²) in [6.07, 6.45) is 1.17. The van der Waals surface area contributed by atoms with Crippen LogP contribution in [0.2, 0.25) is 0 Å². The van der Waals surface area contributed by atoms with E-state index in [1.54, 1.807) is 0 Å². The highest BCUT2D eigenvalue weighted by Crippen LogP contribution is 2.42. The third kappa shape index (κ3) is 3.37. The Morgan fingerprint density at radius 3 is 2.75 bits per heavy atom. The predicted molar refractivity (Wildman–Crippen MR) is 99.6 cm³/mol. The standard InChI is InChI=1S/C17H22N2O3S2/c1-4-5-16(20)18-17-19(13-7-6-11(2)8-12(13)3)14-9-24(21,22)10-15(14)23-17/h6-8,14-15H,4-5,9-10H2,1-3H3/t14-,15+/m0/s1. The molecule has 0 radical (unpaired) electrons. The van der Waals surface area contributed by atoms with Crippen LogP contribution < -0.4 is 4.90 Å². The maximum atomic E-state index is 12.0. The Labute approximate surface area is 147 Å². The van der Waals surface area contributed by atoms with Crippen molar-refractivity contribution in [1.29, 1.82) is 0 Å². The summed E-state index contributed by atoms with van der Waals surface area (Å²) < 4.78 is 24.1. The van der Waals surface area contributed by atoms with Crippen LogP contribution in [0.1, 0.15) is 30.9 Å². The van der Waals surface area contributed by atoms with Crippen molar-refractivity contribution >= 4 is 38.4 Å². The summed E-state index contributed by atoms with van der Waals surface area (Å²) in [6, 6.07) is 5.94. The van der Waals surface area contributed by atoms with Crippen molar-refractivity contribution in [3.8, 4) is 0 Å². The van der Waals surface area contributed by atoms with Crippen molar-refractivity contribution in [3.05, 3.63) is 29.3 Å². The van der Waals surface area contributed by atoms with Crippen molar-refractivity contribution in [1.82, 2.24) is 0 Å². The van der Waals surface area contributed by atoms with Gasteiger partial charge in [0.1, 0.15) is 0 Å². The van der Waals surface area contributed by atoms with Gasteiger partial charge >= 0.3 is 0 Å². The molecule has 0 unspecified atom stereocenters. The van der Waals surface area contributed by atoms with Gasteiger partial charge in [-0.1, -0.05) is 36.4 Å². The zero-order valence-electron chi connectivity index (χ0n) is 14.2. The van der Waals surface area contributed by atoms with Crippen LogP contribution in [0.3, 0.4) is 0 Å². The minimum absolute atomic E-state index is 0.0520. The fourth-order valence-corrected chi connectivity index (χ4v) is 7.22. The molecule has 2 saturated heterocycles. The molecule has 0 saturated carbocycles. The van der Waals surface area contributed by atoms with Crippen LogP contribution in [0, 0.1) is 13.8 Å². The fourth-order valence-electron chi connectivity index (χ4n) is 3.30. The van der Waals surface area contributed by atoms with Gasteiger partial charge in [-0.3, -0.25) is 4.79 Å². The summed E-state index contributed by atoms with van der Waals surface area (Å²) in [7, 11) is -3.03. The van der Waals surface area contributed by atoms with E-state index in [0.29, 0.717) is 11.6 Å². The Hall–Kier alpha value is -1.34. The van der Waals surface area contributed by atoms with E-state index in [2.05, 4.69) is 11.1 Å². The monoisotopic (exact) mass is 366 g/mol. The predicted octanol–water partition coefficient (Wildman–Crippen LogP) is 2.70. The molecule has 7 heteroatoms. The molecular formula is C17H22N2O3S2. The van der Waals surface area contributed by atoms with Crippen LogP contribution in [0.25, 0.3) is 0 Å². The molecule has 2 heterocycles. The minimum atomic E-state index is -3.03. The average molecular weight is 367 g/mol. The molecule has 130 valence electrons. The highest BCUT2D eigenvalue weighted by Gasteiger charge is 2.49. The number of nitrogens with zero attached hydrogens (tertiary/aromatic N) is 2. The van der Waals surface area contributed by atoms with E-state index in [-0.39, 0.29) is 28.7 Å². The highest BCUT2D eigenvalue weighted by molar-refractivity contribution is 8.16. The van der Waals surface area contributed by atoms with E-state index < -0.39 is 9.84 Å². The van der Waals surface area contributed by atoms with Crippen LogP contribution in [-0.4, -0.2) is 42.3 Å². The van der Waals surface area contributed by atoms with Gasteiger partial charge in [-0.25, -0.2) is 8.42 Å². The van der Waals surface area contributed by atoms with Gasteiger partial charge in [-0.05, 0) is 31.9 Å². The number of amides is 1. The number of benzene rings is 1. The number of aliphatic imine (C=N–C) groups is 1. The summed E-state index contributed by atoms with van der Waals surface area (Å²) >= 11 is 1.43. The van der Waals surface area contributed by atoms with Gasteiger partial charge in [0.15, 0.2) is 15.0 Å². The fraction of sp³-hybridized carbons (Fsp3) is 0.529. The van der Waals surface area contributed by atoms with Gasteiger partial charge < -0.3 is 4.90 Å². The molecule has 0 aliphatic carbocycles. The second-order valence-corrected chi connectivity index (χ2v) is 9.86. The number of rotatable bonds is 3. The smallest absolute Gasteiger partial charge is 0.248 e. The first-order valence-corrected chi connectivity index (χ1v) is 10.9. The molecule has 2 aliphatic rings. The molecule has 5 nitrogen and oxygen atoms in total. The van der Waals surface area contributed by atoms with Crippen LogP contribution >= 0.6 is 11.8 Å². The average Bonchev–Trinajstić information content (AvgIpc) is 2.91. The molecule has 0 aromatic heterocycles. The maximum absolute atomic E-state index is 12.0. The number of hydrogen-bond acceptors (Lipinski definition) is 4. The SMILES string of the molecule is CCCC(=O)N=C1S[C@@H]2CS(=O)(=O)C[C@@H]2N1c1ccc(C)cc1C. The molecule has 3 rings (SSSR count). The topological polar surface area (TPSA) is 66.8 Å². The molecule has 0 N–H and O–H groups in total. The van der Waals surface area contributed by atoms with Crippen molar-refractivity contribution in [2.45, 2.75) is 44.9 Å². The normalized spacial score (nSPS) is 26.8. The molecule has 1 aromatic carbocycles. The van der Waals surface area contributed by atoms with Gasteiger partial charge in [-0.2, -0.15) is 4.99 Å². The highest BCUT2D eigenvalue weighted by atomic mass is 32.2. The van der Waals surface area contributed by atoms with Crippen LogP contribution in [0.15, 0.2) is 23.2 Å². The Kier molecular flexibility index (Phi) is 4.75. The second-order valence-electron chi connectivity index (χ2n) is 6.50. The second kappa shape index (κ2) is 6.52. The Bertz CT molecular complexity index is 802. The van der Waals surface area contributed by atoms with Crippen molar-refractivity contribution in [2.75, 3.05) is 16.4 Å². The molecule has 24 heavy (non-hydrogen) atoms. The van der Waals surface area contributed by atoms with E-state index in [1.165, 1.54) is 11.8 Å². The summed E-state index contributed by atoms with van der Waals surface area (Å²) in [6.45, 7) is 5.98. The quantitative estimate of drug-likeness (QED) is 0.823. The van der Waals surface area contributed by atoms with Crippen molar-refractivity contribution < 1.29 is 13.2 Å². The molecule has 1 aromatic rings. The minimum Gasteiger partial charge on any atom is -0.315 e. The zero-order chi connectivity index (χ0) is 17.5. The lowest BCUT2D eigenvalue weighted by molar-refractivity contribution is -0.117. The number of thioether (sulfide) groups is 1. The van der Waals surface area contributed by atoms with Gasteiger partial charge in [0.25, 0.3) is 0 Å². The number of sulfone groups is 1. The number of aryl methyl sites for hydroxylation is 2. The number of anilines is 1. The lowest BCUT2D eigenvalue weighted by Gasteiger charge is -2.26. The van der Waals surface area contributed by atoms with Crippen molar-refractivity contribution in [2.24, 2.45) is 4.99 Å². The maximum Gasteiger partial charge on any atom is 0.248 e. The van der Waals surface area contributed by atoms with Gasteiger partial charge in [0, 0.05) is 17.4 Å². The molecule has 1 amide bonds. The molecule has 0 spiro atoms. The lowest BCUT2D eigenvalue weighted by atomic mass is 10.1. The first kappa shape index (κ1) is 17.5. The number of hydrogen-bond donors (Lipinski definition) is 0. The number of fused-ring (bicyclic) bond motifs is 1. The lowest BCUT2D eigenvalue weighted by Crippen LogP contribution is -2.38. The number of carbonyl (C=O) groups excluding carboxylic acids is 1. The van der Waals surface area contributed by atoms with Crippen LogP contribution in [-0.2, 0) is 14.6 Å². The Morgan fingerprint density at radius 1 is 1.33 bits per heavy atom. The molecule has 0 bridgehead atoms. The first-order chi connectivity index (χ1) is 11.3. The number of carbonyl (C=O) groups is 1. The van der Waals surface area contributed by atoms with E-state index in [9.17, 15) is 13.2 Å². The summed E-state index contributed by atoms with van der Waals surface area (Å²) in [5, 5.41) is 0.592. The van der Waals surface area contributed by atoms with Crippen LogP contribution in [0.4, 0.5) is 5.69 Å². The van der Waals surface area contributed by atoms with Gasteiger partial charge in [-0.15, -0.1) is 0 Å². The summed E-state index contributed by atoms with van der Waals surface area (Å²) in [5.74, 6) is 0.140. The zero-order valence-corrected chi connectivity index (χ0v) is 15.8. The molecule has 2 atom stereocenters. The first-order valence-electron chi connectivity index (χ1n) is 8.16. The van der Waals surface area contributed by atoms with Crippen LogP contribution in [0.5, 0.6) is 0 Å². The van der Waals surface area contributed by atoms with Gasteiger partial charge in [0.2, 0.25) is 5.91 Å². The van der Waals surface area contributed by atoms with Crippen molar-refractivity contribution in [3.63, 3.8) is 0 Å². The Balaban J connectivity index is 2.03. The van der Waals surface area contributed by atoms with E-state index in [1.807, 2.05) is 37.8 Å². The third-order valence-electron chi connectivity index (χ3n) is 4.36. The largest absolute Gasteiger partial charge is 0.315 e. The third-order valence-corrected chi connectivity index (χ3v) is 7.57. The molecule has 2 aliphatic heterocycles. The summed E-state index contributed by atoms with van der Waals surface area (Å²) in [4.78, 5) is 18.3. The molecule has 2 fully saturated rings. The van der Waals surface area contributed by atoms with Gasteiger partial charge in [0.05, 0.1) is 17.5 Å². The molecular weight excluding hydrogens is 344 g/mol. The van der Waals surface area contributed by atoms with E-state index >= 15 is 0 Å². The van der Waals surface area contributed by atoms with E-state index in [0.717, 1.165) is 23.2 Å².